The molecule has 32 heavy (non-hydrogen) atoms. The molecule has 176 valence electrons. The van der Waals surface area contributed by atoms with Crippen LogP contribution in [0, 0.1) is 5.41 Å². The summed E-state index contributed by atoms with van der Waals surface area (Å²) in [6.45, 7) is 8.09. The quantitative estimate of drug-likeness (QED) is 0.631. The number of amides is 3. The average molecular weight is 443 g/mol. The van der Waals surface area contributed by atoms with Crippen LogP contribution in [-0.2, 0) is 20.8 Å². The summed E-state index contributed by atoms with van der Waals surface area (Å²) >= 11 is 0. The molecule has 4 atom stereocenters. The second-order valence-electron chi connectivity index (χ2n) is 10.2. The Hall–Kier alpha value is -2.41. The average Bonchev–Trinajstić information content (AvgIpc) is 3.26. The third-order valence-corrected chi connectivity index (χ3v) is 6.75. The first-order valence-electron chi connectivity index (χ1n) is 11.8. The number of fused-ring (bicyclic) bond motifs is 1. The second-order valence-corrected chi connectivity index (χ2v) is 10.2. The lowest BCUT2D eigenvalue weighted by Crippen LogP contribution is -2.59. The molecule has 1 aromatic carbocycles. The first-order valence-corrected chi connectivity index (χ1v) is 11.8. The molecule has 1 saturated heterocycles. The fourth-order valence-electron chi connectivity index (χ4n) is 4.69. The van der Waals surface area contributed by atoms with Gasteiger partial charge in [0.2, 0.25) is 17.7 Å². The van der Waals surface area contributed by atoms with Gasteiger partial charge in [-0.15, -0.1) is 0 Å². The van der Waals surface area contributed by atoms with E-state index in [0.29, 0.717) is 13.0 Å². The van der Waals surface area contributed by atoms with Crippen LogP contribution in [0.25, 0.3) is 0 Å². The number of aryl methyl sites for hydroxylation is 1. The minimum atomic E-state index is -0.699. The zero-order valence-corrected chi connectivity index (χ0v) is 20.0. The number of nitrogens with zero attached hydrogens (tertiary/aromatic N) is 1. The maximum atomic E-state index is 13.6. The molecule has 1 aliphatic carbocycles. The monoisotopic (exact) mass is 442 g/mol. The van der Waals surface area contributed by atoms with Crippen molar-refractivity contribution < 1.29 is 14.4 Å². The van der Waals surface area contributed by atoms with Gasteiger partial charge in [-0.3, -0.25) is 14.4 Å². The Kier molecular flexibility index (Phi) is 7.59. The number of likely N-dealkylation sites (N-methyl/N-ethyl adjacent to an activating group) is 1. The molecule has 0 unspecified atom stereocenters. The fraction of sp³-hybridized carbons (Fsp3) is 0.640. The van der Waals surface area contributed by atoms with Gasteiger partial charge >= 0.3 is 0 Å². The molecule has 3 amide bonds. The van der Waals surface area contributed by atoms with Gasteiger partial charge in [0.1, 0.15) is 12.1 Å². The lowest BCUT2D eigenvalue weighted by molar-refractivity contribution is -0.144. The van der Waals surface area contributed by atoms with Crippen LogP contribution in [0.1, 0.15) is 70.5 Å². The van der Waals surface area contributed by atoms with Crippen LogP contribution in [0.5, 0.6) is 0 Å². The highest BCUT2D eigenvalue weighted by Crippen LogP contribution is 2.31. The van der Waals surface area contributed by atoms with Gasteiger partial charge in [0.25, 0.3) is 0 Å². The Labute approximate surface area is 191 Å². The van der Waals surface area contributed by atoms with E-state index in [-0.39, 0.29) is 23.8 Å². The Morgan fingerprint density at radius 3 is 2.50 bits per heavy atom. The van der Waals surface area contributed by atoms with E-state index < -0.39 is 23.5 Å². The summed E-state index contributed by atoms with van der Waals surface area (Å²) in [5.74, 6) is -0.504. The number of carbonyl (C=O) groups excluding carboxylic acids is 3. The largest absolute Gasteiger partial charge is 0.347 e. The summed E-state index contributed by atoms with van der Waals surface area (Å²) in [4.78, 5) is 41.0. The van der Waals surface area contributed by atoms with Crippen molar-refractivity contribution in [3.8, 4) is 0 Å². The summed E-state index contributed by atoms with van der Waals surface area (Å²) < 4.78 is 0. The SMILES string of the molecule is CN[C@H](C)C(=O)N[C@@H](C(=O)N1CCC[C@@H]1C(=O)N[C@H]1CCCc2ccccc21)C(C)(C)C. The molecule has 1 fully saturated rings. The number of rotatable bonds is 6. The summed E-state index contributed by atoms with van der Waals surface area (Å²) in [5.41, 5.74) is 1.99. The van der Waals surface area contributed by atoms with Crippen LogP contribution in [0.4, 0.5) is 0 Å². The van der Waals surface area contributed by atoms with Crippen molar-refractivity contribution in [3.05, 3.63) is 35.4 Å². The smallest absolute Gasteiger partial charge is 0.246 e. The van der Waals surface area contributed by atoms with E-state index in [2.05, 4.69) is 28.1 Å². The summed E-state index contributed by atoms with van der Waals surface area (Å²) in [7, 11) is 1.71. The van der Waals surface area contributed by atoms with Gasteiger partial charge in [-0.05, 0) is 62.6 Å². The van der Waals surface area contributed by atoms with Gasteiger partial charge in [-0.25, -0.2) is 0 Å². The molecule has 1 heterocycles. The lowest BCUT2D eigenvalue weighted by atomic mass is 9.85. The van der Waals surface area contributed by atoms with Gasteiger partial charge in [0.15, 0.2) is 0 Å². The van der Waals surface area contributed by atoms with Crippen LogP contribution in [0.2, 0.25) is 0 Å². The molecule has 3 N–H and O–H groups in total. The van der Waals surface area contributed by atoms with E-state index in [4.69, 9.17) is 0 Å². The molecule has 0 saturated carbocycles. The van der Waals surface area contributed by atoms with Gasteiger partial charge < -0.3 is 20.9 Å². The van der Waals surface area contributed by atoms with Crippen molar-refractivity contribution in [1.29, 1.82) is 0 Å². The molecule has 0 aromatic heterocycles. The maximum absolute atomic E-state index is 13.6. The molecule has 7 nitrogen and oxygen atoms in total. The zero-order chi connectivity index (χ0) is 23.5. The first kappa shape index (κ1) is 24.2. The summed E-state index contributed by atoms with van der Waals surface area (Å²) in [6.07, 6.45) is 4.41. The van der Waals surface area contributed by atoms with Crippen molar-refractivity contribution in [2.45, 2.75) is 84.0 Å². The van der Waals surface area contributed by atoms with Gasteiger partial charge in [-0.1, -0.05) is 45.0 Å². The number of benzene rings is 1. The number of carbonyl (C=O) groups is 3. The Bertz CT molecular complexity index is 848. The summed E-state index contributed by atoms with van der Waals surface area (Å²) in [5, 5.41) is 9.04. The molecule has 0 radical (unpaired) electrons. The topological polar surface area (TPSA) is 90.5 Å². The number of likely N-dealkylation sites (tertiary alicyclic amines) is 1. The third kappa shape index (κ3) is 5.31. The van der Waals surface area contributed by atoms with Crippen molar-refractivity contribution in [1.82, 2.24) is 20.9 Å². The van der Waals surface area contributed by atoms with Crippen LogP contribution in [0.15, 0.2) is 24.3 Å². The lowest BCUT2D eigenvalue weighted by Gasteiger charge is -2.36. The molecule has 2 aliphatic rings. The van der Waals surface area contributed by atoms with Crippen LogP contribution < -0.4 is 16.0 Å². The minimum absolute atomic E-state index is 0.0143. The van der Waals surface area contributed by atoms with E-state index in [0.717, 1.165) is 25.7 Å². The molecule has 0 bridgehead atoms. The third-order valence-electron chi connectivity index (χ3n) is 6.75. The normalized spacial score (nSPS) is 22.6. The van der Waals surface area contributed by atoms with Crippen molar-refractivity contribution in [3.63, 3.8) is 0 Å². The Balaban J connectivity index is 1.74. The molecule has 3 rings (SSSR count). The van der Waals surface area contributed by atoms with E-state index >= 15 is 0 Å². The maximum Gasteiger partial charge on any atom is 0.246 e. The molecule has 7 heteroatoms. The van der Waals surface area contributed by atoms with E-state index in [1.54, 1.807) is 18.9 Å². The number of hydrogen-bond donors (Lipinski definition) is 3. The van der Waals surface area contributed by atoms with E-state index in [1.807, 2.05) is 32.9 Å². The van der Waals surface area contributed by atoms with Gasteiger partial charge in [0, 0.05) is 6.54 Å². The van der Waals surface area contributed by atoms with Crippen molar-refractivity contribution in [2.75, 3.05) is 13.6 Å². The fourth-order valence-corrected chi connectivity index (χ4v) is 4.69. The highest BCUT2D eigenvalue weighted by molar-refractivity contribution is 5.94. The van der Waals surface area contributed by atoms with Crippen molar-refractivity contribution in [2.24, 2.45) is 5.41 Å². The Morgan fingerprint density at radius 2 is 1.81 bits per heavy atom. The number of nitrogens with one attached hydrogen (secondary N) is 3. The molecule has 1 aromatic rings. The van der Waals surface area contributed by atoms with Gasteiger partial charge in [-0.2, -0.15) is 0 Å². The molecular formula is C25H38N4O3. The minimum Gasteiger partial charge on any atom is -0.347 e. The van der Waals surface area contributed by atoms with Gasteiger partial charge in [0.05, 0.1) is 12.1 Å². The highest BCUT2D eigenvalue weighted by Gasteiger charge is 2.42. The van der Waals surface area contributed by atoms with Crippen LogP contribution >= 0.6 is 0 Å². The summed E-state index contributed by atoms with van der Waals surface area (Å²) in [6, 6.07) is 6.65. The molecular weight excluding hydrogens is 404 g/mol. The van der Waals surface area contributed by atoms with Crippen LogP contribution in [-0.4, -0.2) is 54.3 Å². The second kappa shape index (κ2) is 10.0. The van der Waals surface area contributed by atoms with E-state index in [1.165, 1.54) is 11.1 Å². The Morgan fingerprint density at radius 1 is 1.09 bits per heavy atom. The standard InChI is InChI=1S/C25H38N4O3/c1-16(26-5)22(30)28-21(25(2,3)4)24(32)29-15-9-14-20(29)23(31)27-19-13-8-11-17-10-6-7-12-18(17)19/h6-7,10,12,16,19-21,26H,8-9,11,13-15H2,1-5H3,(H,27,31)(H,28,30)/t16-,19+,20-,21+/m1/s1. The zero-order valence-electron chi connectivity index (χ0n) is 20.0. The molecule has 0 spiro atoms. The predicted octanol–water partition coefficient (Wildman–Crippen LogP) is 2.31. The van der Waals surface area contributed by atoms with Crippen molar-refractivity contribution >= 4 is 17.7 Å². The number of hydrogen-bond acceptors (Lipinski definition) is 4. The predicted molar refractivity (Wildman–Crippen MR) is 125 cm³/mol. The van der Waals surface area contributed by atoms with E-state index in [9.17, 15) is 14.4 Å². The highest BCUT2D eigenvalue weighted by atomic mass is 16.2. The van der Waals surface area contributed by atoms with Crippen LogP contribution in [0.3, 0.4) is 0 Å². The first-order chi connectivity index (χ1) is 15.1. The molecule has 1 aliphatic heterocycles.